The quantitative estimate of drug-likeness (QED) is 0.435. The number of hydrogen-bond donors (Lipinski definition) is 1. The van der Waals surface area contributed by atoms with Crippen LogP contribution in [0.2, 0.25) is 0 Å². The highest BCUT2D eigenvalue weighted by Gasteiger charge is 2.29. The zero-order valence-corrected chi connectivity index (χ0v) is 23.0. The lowest BCUT2D eigenvalue weighted by atomic mass is 10.0. The van der Waals surface area contributed by atoms with E-state index in [0.29, 0.717) is 30.8 Å². The molecule has 0 radical (unpaired) electrons. The summed E-state index contributed by atoms with van der Waals surface area (Å²) in [7, 11) is -2.01. The number of aryl methyl sites for hydroxylation is 1. The van der Waals surface area contributed by atoms with Crippen LogP contribution in [0.3, 0.4) is 0 Å². The fourth-order valence-corrected chi connectivity index (χ4v) is 4.99. The van der Waals surface area contributed by atoms with Crippen molar-refractivity contribution in [2.24, 2.45) is 0 Å². The Balaban J connectivity index is 2.22. The minimum absolute atomic E-state index is 0.0465. The number of amides is 2. The molecule has 1 atom stereocenters. The third kappa shape index (κ3) is 8.26. The lowest BCUT2D eigenvalue weighted by Crippen LogP contribution is -2.50. The highest BCUT2D eigenvalue weighted by Crippen LogP contribution is 2.23. The largest absolute Gasteiger partial charge is 0.497 e. The summed E-state index contributed by atoms with van der Waals surface area (Å²) in [6.07, 6.45) is 2.04. The number of carbonyl (C=O) groups is 2. The van der Waals surface area contributed by atoms with Crippen LogP contribution in [0.15, 0.2) is 48.5 Å². The number of rotatable bonds is 13. The Morgan fingerprint density at radius 3 is 2.22 bits per heavy atom. The van der Waals surface area contributed by atoms with Crippen molar-refractivity contribution in [2.45, 2.75) is 65.6 Å². The van der Waals surface area contributed by atoms with Crippen molar-refractivity contribution in [1.82, 2.24) is 10.2 Å². The highest BCUT2D eigenvalue weighted by atomic mass is 32.2. The van der Waals surface area contributed by atoms with E-state index in [-0.39, 0.29) is 30.8 Å². The average molecular weight is 518 g/mol. The molecule has 0 aromatic heterocycles. The first-order valence-corrected chi connectivity index (χ1v) is 14.1. The molecule has 0 aliphatic carbocycles. The molecular formula is C27H39N3O5S. The fourth-order valence-electron chi connectivity index (χ4n) is 4.02. The molecule has 8 nitrogen and oxygen atoms in total. The third-order valence-electron chi connectivity index (χ3n) is 5.93. The molecule has 36 heavy (non-hydrogen) atoms. The molecule has 2 rings (SSSR count). The van der Waals surface area contributed by atoms with Gasteiger partial charge in [-0.2, -0.15) is 0 Å². The second-order valence-electron chi connectivity index (χ2n) is 9.17. The Hall–Kier alpha value is -3.07. The van der Waals surface area contributed by atoms with Gasteiger partial charge in [0.2, 0.25) is 21.8 Å². The standard InChI is InChI=1S/C27H39N3O5S/c1-7-25(27(32)28-20(2)3)29(19-22-12-9-8-11-21(22)4)26(31)13-10-18-30(36(6,33)34)23-14-16-24(35-5)17-15-23/h8-9,11-12,14-17,20,25H,7,10,13,18-19H2,1-6H3,(H,28,32)/t25-/m1/s1. The molecule has 0 unspecified atom stereocenters. The van der Waals surface area contributed by atoms with E-state index < -0.39 is 16.1 Å². The summed E-state index contributed by atoms with van der Waals surface area (Å²) in [4.78, 5) is 28.0. The molecule has 0 spiro atoms. The molecule has 0 aliphatic heterocycles. The van der Waals surface area contributed by atoms with Crippen LogP contribution < -0.4 is 14.4 Å². The first kappa shape index (κ1) is 29.2. The number of methoxy groups -OCH3 is 1. The third-order valence-corrected chi connectivity index (χ3v) is 7.13. The molecule has 2 aromatic carbocycles. The average Bonchev–Trinajstić information content (AvgIpc) is 2.81. The van der Waals surface area contributed by atoms with E-state index in [1.807, 2.05) is 52.0 Å². The predicted molar refractivity (Wildman–Crippen MR) is 144 cm³/mol. The number of sulfonamides is 1. The summed E-state index contributed by atoms with van der Waals surface area (Å²) < 4.78 is 31.4. The maximum atomic E-state index is 13.5. The van der Waals surface area contributed by atoms with Crippen LogP contribution in [0.25, 0.3) is 0 Å². The van der Waals surface area contributed by atoms with E-state index in [4.69, 9.17) is 4.74 Å². The van der Waals surface area contributed by atoms with Gasteiger partial charge < -0.3 is 15.0 Å². The van der Waals surface area contributed by atoms with Crippen LogP contribution >= 0.6 is 0 Å². The van der Waals surface area contributed by atoms with Crippen molar-refractivity contribution in [3.63, 3.8) is 0 Å². The smallest absolute Gasteiger partial charge is 0.243 e. The summed E-state index contributed by atoms with van der Waals surface area (Å²) in [6, 6.07) is 13.9. The number of ether oxygens (including phenoxy) is 1. The number of carbonyl (C=O) groups excluding carboxylic acids is 2. The SMILES string of the molecule is CC[C@H](C(=O)NC(C)C)N(Cc1ccccc1C)C(=O)CCCN(c1ccc(OC)cc1)S(C)(=O)=O. The highest BCUT2D eigenvalue weighted by molar-refractivity contribution is 7.92. The molecule has 1 N–H and O–H groups in total. The maximum absolute atomic E-state index is 13.5. The summed E-state index contributed by atoms with van der Waals surface area (Å²) >= 11 is 0. The van der Waals surface area contributed by atoms with Crippen LogP contribution in [0.4, 0.5) is 5.69 Å². The molecule has 2 amide bonds. The number of benzene rings is 2. The summed E-state index contributed by atoms with van der Waals surface area (Å²) in [5, 5.41) is 2.92. The zero-order valence-electron chi connectivity index (χ0n) is 22.2. The van der Waals surface area contributed by atoms with E-state index in [0.717, 1.165) is 17.4 Å². The van der Waals surface area contributed by atoms with Gasteiger partial charge in [-0.05, 0) is 69.0 Å². The minimum atomic E-state index is -3.55. The number of anilines is 1. The molecule has 0 heterocycles. The van der Waals surface area contributed by atoms with Crippen LogP contribution in [-0.4, -0.2) is 57.1 Å². The van der Waals surface area contributed by atoms with E-state index in [1.54, 1.807) is 36.3 Å². The predicted octanol–water partition coefficient (Wildman–Crippen LogP) is 3.88. The van der Waals surface area contributed by atoms with Gasteiger partial charge in [-0.3, -0.25) is 13.9 Å². The monoisotopic (exact) mass is 517 g/mol. The van der Waals surface area contributed by atoms with Gasteiger partial charge in [0, 0.05) is 25.6 Å². The first-order valence-electron chi connectivity index (χ1n) is 12.2. The van der Waals surface area contributed by atoms with Crippen LogP contribution in [0.5, 0.6) is 5.75 Å². The Morgan fingerprint density at radius 1 is 1.06 bits per heavy atom. The number of nitrogens with zero attached hydrogens (tertiary/aromatic N) is 2. The zero-order chi connectivity index (χ0) is 26.9. The molecule has 0 fully saturated rings. The summed E-state index contributed by atoms with van der Waals surface area (Å²) in [5.41, 5.74) is 2.51. The number of nitrogens with one attached hydrogen (secondary N) is 1. The topological polar surface area (TPSA) is 96.0 Å². The van der Waals surface area contributed by atoms with E-state index in [2.05, 4.69) is 5.32 Å². The summed E-state index contributed by atoms with van der Waals surface area (Å²) in [5.74, 6) is 0.247. The van der Waals surface area contributed by atoms with E-state index >= 15 is 0 Å². The second kappa shape index (κ2) is 13.3. The minimum Gasteiger partial charge on any atom is -0.497 e. The van der Waals surface area contributed by atoms with E-state index in [1.165, 1.54) is 4.31 Å². The molecule has 0 saturated heterocycles. The Labute approximate surface area is 215 Å². The molecular weight excluding hydrogens is 478 g/mol. The normalized spacial score (nSPS) is 12.2. The van der Waals surface area contributed by atoms with Crippen LogP contribution in [0.1, 0.15) is 51.2 Å². The van der Waals surface area contributed by atoms with Gasteiger partial charge in [-0.25, -0.2) is 8.42 Å². The molecule has 198 valence electrons. The molecule has 9 heteroatoms. The summed E-state index contributed by atoms with van der Waals surface area (Å²) in [6.45, 7) is 8.09. The van der Waals surface area contributed by atoms with Crippen molar-refractivity contribution < 1.29 is 22.7 Å². The van der Waals surface area contributed by atoms with Gasteiger partial charge in [-0.1, -0.05) is 31.2 Å². The molecule has 2 aromatic rings. The van der Waals surface area contributed by atoms with Crippen molar-refractivity contribution >= 4 is 27.5 Å². The van der Waals surface area contributed by atoms with Gasteiger partial charge in [-0.15, -0.1) is 0 Å². The van der Waals surface area contributed by atoms with Gasteiger partial charge in [0.15, 0.2) is 0 Å². The van der Waals surface area contributed by atoms with Crippen molar-refractivity contribution in [3.8, 4) is 5.75 Å². The van der Waals surface area contributed by atoms with Gasteiger partial charge in [0.25, 0.3) is 0 Å². The first-order chi connectivity index (χ1) is 17.0. The van der Waals surface area contributed by atoms with Gasteiger partial charge in [0.1, 0.15) is 11.8 Å². The van der Waals surface area contributed by atoms with Gasteiger partial charge in [0.05, 0.1) is 19.1 Å². The second-order valence-corrected chi connectivity index (χ2v) is 11.1. The van der Waals surface area contributed by atoms with Gasteiger partial charge >= 0.3 is 0 Å². The van der Waals surface area contributed by atoms with Crippen LogP contribution in [0, 0.1) is 6.92 Å². The molecule has 0 bridgehead atoms. The van der Waals surface area contributed by atoms with Crippen LogP contribution in [-0.2, 0) is 26.2 Å². The lowest BCUT2D eigenvalue weighted by Gasteiger charge is -2.32. The van der Waals surface area contributed by atoms with Crippen molar-refractivity contribution in [3.05, 3.63) is 59.7 Å². The Morgan fingerprint density at radius 2 is 1.69 bits per heavy atom. The van der Waals surface area contributed by atoms with E-state index in [9.17, 15) is 18.0 Å². The molecule has 0 aliphatic rings. The Kier molecular flexibility index (Phi) is 10.8. The number of hydrogen-bond acceptors (Lipinski definition) is 5. The molecule has 0 saturated carbocycles. The van der Waals surface area contributed by atoms with Crippen molar-refractivity contribution in [1.29, 1.82) is 0 Å². The van der Waals surface area contributed by atoms with Crippen molar-refractivity contribution in [2.75, 3.05) is 24.2 Å². The Bertz CT molecular complexity index is 1120. The lowest BCUT2D eigenvalue weighted by molar-refractivity contribution is -0.141. The fraction of sp³-hybridized carbons (Fsp3) is 0.481. The maximum Gasteiger partial charge on any atom is 0.243 e.